The molecule has 0 atom stereocenters. The van der Waals surface area contributed by atoms with Gasteiger partial charge in [-0.2, -0.15) is 0 Å². The number of fused-ring (bicyclic) bond motifs is 2. The minimum absolute atomic E-state index is 0.0525. The van der Waals surface area contributed by atoms with E-state index >= 15 is 0 Å². The van der Waals surface area contributed by atoms with Gasteiger partial charge in [-0.25, -0.2) is 0 Å². The van der Waals surface area contributed by atoms with Gasteiger partial charge in [0, 0.05) is 43.6 Å². The van der Waals surface area contributed by atoms with Crippen LogP contribution >= 0.6 is 11.8 Å². The Labute approximate surface area is 197 Å². The Hall–Kier alpha value is -3.06. The summed E-state index contributed by atoms with van der Waals surface area (Å²) in [6.07, 6.45) is 0. The first-order valence-corrected chi connectivity index (χ1v) is 11.6. The van der Waals surface area contributed by atoms with Crippen molar-refractivity contribution in [3.05, 3.63) is 72.3 Å². The topological polar surface area (TPSA) is 54.0 Å². The molecule has 0 unspecified atom stereocenters. The second-order valence-corrected chi connectivity index (χ2v) is 8.66. The second kappa shape index (κ2) is 10.7. The van der Waals surface area contributed by atoms with Gasteiger partial charge in [0.05, 0.1) is 0 Å². The van der Waals surface area contributed by atoms with Gasteiger partial charge in [-0.1, -0.05) is 66.4 Å². The summed E-state index contributed by atoms with van der Waals surface area (Å²) >= 11 is 1.26. The number of carbonyl (C=O) groups excluding carboxylic acids is 1. The van der Waals surface area contributed by atoms with Gasteiger partial charge >= 0.3 is 0 Å². The Bertz CT molecular complexity index is 1280. The zero-order valence-corrected chi connectivity index (χ0v) is 19.7. The summed E-state index contributed by atoms with van der Waals surface area (Å²) in [5, 5.41) is 4.26. The molecule has 4 rings (SSSR count). The van der Waals surface area contributed by atoms with Crippen LogP contribution in [0, 0.1) is 0 Å². The fraction of sp³-hybridized carbons (Fsp3) is 0.222. The maximum absolute atomic E-state index is 11.8. The minimum atomic E-state index is 0.0525. The highest BCUT2D eigenvalue weighted by Gasteiger charge is 2.22. The average molecular weight is 463 g/mol. The van der Waals surface area contributed by atoms with Crippen LogP contribution in [0.3, 0.4) is 0 Å². The third-order valence-corrected chi connectivity index (χ3v) is 6.17. The highest BCUT2D eigenvalue weighted by Crippen LogP contribution is 2.47. The van der Waals surface area contributed by atoms with Crippen LogP contribution < -0.4 is 9.47 Å². The molecule has 0 aliphatic heterocycles. The number of carbonyl (C=O) groups is 1. The molecule has 0 aromatic heterocycles. The zero-order valence-electron chi connectivity index (χ0n) is 18.9. The number of thioether (sulfide) groups is 1. The molecular formula is C27H26O5S. The molecule has 6 heteroatoms. The highest BCUT2D eigenvalue weighted by molar-refractivity contribution is 8.12. The van der Waals surface area contributed by atoms with Crippen molar-refractivity contribution < 1.29 is 23.7 Å². The van der Waals surface area contributed by atoms with Crippen LogP contribution in [-0.4, -0.2) is 32.9 Å². The summed E-state index contributed by atoms with van der Waals surface area (Å²) in [6.45, 7) is 1.78. The maximum atomic E-state index is 11.8. The summed E-state index contributed by atoms with van der Waals surface area (Å²) in [6, 6.07) is 22.4. The van der Waals surface area contributed by atoms with Crippen molar-refractivity contribution in [1.82, 2.24) is 0 Å². The van der Waals surface area contributed by atoms with Crippen LogP contribution in [-0.2, 0) is 20.0 Å². The van der Waals surface area contributed by atoms with Gasteiger partial charge in [0.25, 0.3) is 0 Å². The van der Waals surface area contributed by atoms with E-state index in [-0.39, 0.29) is 18.7 Å². The van der Waals surface area contributed by atoms with Crippen molar-refractivity contribution in [3.8, 4) is 22.6 Å². The lowest BCUT2D eigenvalue weighted by atomic mass is 9.90. The molecule has 4 aromatic carbocycles. The Balaban J connectivity index is 2.09. The monoisotopic (exact) mass is 462 g/mol. The lowest BCUT2D eigenvalue weighted by Gasteiger charge is -2.21. The first-order valence-electron chi connectivity index (χ1n) is 10.6. The standard InChI is InChI=1S/C27H26O5S/c1-18(28)33-15-21-14-20-9-5-7-11-23(20)26(27(21)32-17-30-3)25-22-10-6-4-8-19(22)12-13-24(25)31-16-29-2/h4-14H,15-17H2,1-3H3. The SMILES string of the molecule is COCOc1ccc2ccccc2c1-c1c(OCOC)c(CSC(C)=O)cc2ccccc12. The Morgan fingerprint density at radius 3 is 2.12 bits per heavy atom. The molecule has 0 radical (unpaired) electrons. The van der Waals surface area contributed by atoms with Crippen molar-refractivity contribution in [2.24, 2.45) is 0 Å². The van der Waals surface area contributed by atoms with E-state index in [1.807, 2.05) is 36.4 Å². The zero-order chi connectivity index (χ0) is 23.2. The second-order valence-electron chi connectivity index (χ2n) is 7.50. The van der Waals surface area contributed by atoms with Crippen LogP contribution in [0.1, 0.15) is 12.5 Å². The molecule has 0 heterocycles. The predicted molar refractivity (Wildman–Crippen MR) is 134 cm³/mol. The summed E-state index contributed by atoms with van der Waals surface area (Å²) in [5.74, 6) is 1.87. The summed E-state index contributed by atoms with van der Waals surface area (Å²) in [4.78, 5) is 11.8. The summed E-state index contributed by atoms with van der Waals surface area (Å²) in [5.41, 5.74) is 2.75. The van der Waals surface area contributed by atoms with Crippen molar-refractivity contribution >= 4 is 38.4 Å². The summed E-state index contributed by atoms with van der Waals surface area (Å²) in [7, 11) is 3.19. The lowest BCUT2D eigenvalue weighted by molar-refractivity contribution is -0.109. The molecule has 0 saturated carbocycles. The molecule has 0 N–H and O–H groups in total. The van der Waals surface area contributed by atoms with Gasteiger partial charge in [0.15, 0.2) is 18.7 Å². The molecule has 0 aliphatic rings. The van der Waals surface area contributed by atoms with E-state index in [1.165, 1.54) is 11.8 Å². The van der Waals surface area contributed by atoms with E-state index < -0.39 is 0 Å². The van der Waals surface area contributed by atoms with Gasteiger partial charge < -0.3 is 18.9 Å². The highest BCUT2D eigenvalue weighted by atomic mass is 32.2. The van der Waals surface area contributed by atoms with Crippen LogP contribution in [0.25, 0.3) is 32.7 Å². The van der Waals surface area contributed by atoms with Gasteiger partial charge in [0.2, 0.25) is 0 Å². The number of rotatable bonds is 9. The van der Waals surface area contributed by atoms with Gasteiger partial charge in [-0.3, -0.25) is 4.79 Å². The van der Waals surface area contributed by atoms with E-state index in [2.05, 4.69) is 30.3 Å². The molecule has 0 saturated heterocycles. The van der Waals surface area contributed by atoms with Gasteiger partial charge in [0.1, 0.15) is 11.5 Å². The number of ether oxygens (including phenoxy) is 4. The van der Waals surface area contributed by atoms with Crippen molar-refractivity contribution in [2.75, 3.05) is 27.8 Å². The molecule has 0 amide bonds. The minimum Gasteiger partial charge on any atom is -0.467 e. The first-order chi connectivity index (χ1) is 16.1. The van der Waals surface area contributed by atoms with Crippen LogP contribution in [0.4, 0.5) is 0 Å². The normalized spacial score (nSPS) is 11.1. The largest absolute Gasteiger partial charge is 0.467 e. The van der Waals surface area contributed by atoms with E-state index in [0.717, 1.165) is 38.2 Å². The van der Waals surface area contributed by atoms with Crippen LogP contribution in [0.5, 0.6) is 11.5 Å². The third kappa shape index (κ3) is 4.98. The predicted octanol–water partition coefficient (Wildman–Crippen LogP) is 6.41. The van der Waals surface area contributed by atoms with Gasteiger partial charge in [-0.05, 0) is 33.7 Å². The Kier molecular flexibility index (Phi) is 7.50. The molecule has 0 fully saturated rings. The average Bonchev–Trinajstić information content (AvgIpc) is 2.84. The van der Waals surface area contributed by atoms with E-state index in [0.29, 0.717) is 17.3 Å². The Morgan fingerprint density at radius 2 is 1.42 bits per heavy atom. The van der Waals surface area contributed by atoms with E-state index in [4.69, 9.17) is 18.9 Å². The molecule has 0 aliphatic carbocycles. The van der Waals surface area contributed by atoms with Crippen LogP contribution in [0.15, 0.2) is 66.7 Å². The molecule has 170 valence electrons. The molecule has 33 heavy (non-hydrogen) atoms. The molecular weight excluding hydrogens is 436 g/mol. The molecule has 4 aromatic rings. The first kappa shape index (κ1) is 23.1. The van der Waals surface area contributed by atoms with Crippen molar-refractivity contribution in [1.29, 1.82) is 0 Å². The van der Waals surface area contributed by atoms with Crippen molar-refractivity contribution in [3.63, 3.8) is 0 Å². The fourth-order valence-electron chi connectivity index (χ4n) is 3.96. The summed E-state index contributed by atoms with van der Waals surface area (Å²) < 4.78 is 22.7. The quantitative estimate of drug-likeness (QED) is 0.268. The third-order valence-electron chi connectivity index (χ3n) is 5.30. The number of benzene rings is 4. The maximum Gasteiger partial charge on any atom is 0.188 e. The van der Waals surface area contributed by atoms with E-state index in [1.54, 1.807) is 21.1 Å². The lowest BCUT2D eigenvalue weighted by Crippen LogP contribution is -2.06. The molecule has 5 nitrogen and oxygen atoms in total. The van der Waals surface area contributed by atoms with Crippen LogP contribution in [0.2, 0.25) is 0 Å². The Morgan fingerprint density at radius 1 is 0.788 bits per heavy atom. The van der Waals surface area contributed by atoms with E-state index in [9.17, 15) is 4.79 Å². The smallest absolute Gasteiger partial charge is 0.188 e. The number of hydrogen-bond donors (Lipinski definition) is 0. The molecule has 0 bridgehead atoms. The van der Waals surface area contributed by atoms with Crippen molar-refractivity contribution in [2.45, 2.75) is 12.7 Å². The number of methoxy groups -OCH3 is 2. The number of hydrogen-bond acceptors (Lipinski definition) is 6. The molecule has 0 spiro atoms. The van der Waals surface area contributed by atoms with Gasteiger partial charge in [-0.15, -0.1) is 0 Å². The fourth-order valence-corrected chi connectivity index (χ4v) is 4.53.